The van der Waals surface area contributed by atoms with Crippen LogP contribution in [0.4, 0.5) is 23.1 Å². The summed E-state index contributed by atoms with van der Waals surface area (Å²) in [5.41, 5.74) is 2.80. The van der Waals surface area contributed by atoms with Crippen LogP contribution >= 0.6 is 15.9 Å². The Bertz CT molecular complexity index is 1140. The fraction of sp³-hybridized carbons (Fsp3) is 0.375. The van der Waals surface area contributed by atoms with Gasteiger partial charge in [-0.2, -0.15) is 4.98 Å². The Morgan fingerprint density at radius 1 is 1.15 bits per heavy atom. The summed E-state index contributed by atoms with van der Waals surface area (Å²) in [6.07, 6.45) is 5.81. The Morgan fingerprint density at radius 3 is 2.58 bits per heavy atom. The molecule has 0 radical (unpaired) electrons. The van der Waals surface area contributed by atoms with Gasteiger partial charge in [0.15, 0.2) is 0 Å². The lowest BCUT2D eigenvalue weighted by Crippen LogP contribution is -2.41. The number of anilines is 4. The van der Waals surface area contributed by atoms with Gasteiger partial charge >= 0.3 is 0 Å². The van der Waals surface area contributed by atoms with Crippen LogP contribution in [0.2, 0.25) is 0 Å². The Balaban J connectivity index is 1.39. The molecule has 8 nitrogen and oxygen atoms in total. The Kier molecular flexibility index (Phi) is 7.29. The van der Waals surface area contributed by atoms with Gasteiger partial charge in [-0.1, -0.05) is 6.07 Å². The zero-order valence-corrected chi connectivity index (χ0v) is 20.8. The average molecular weight is 512 g/mol. The van der Waals surface area contributed by atoms with Gasteiger partial charge in [-0.3, -0.25) is 4.79 Å². The summed E-state index contributed by atoms with van der Waals surface area (Å²) in [6, 6.07) is 12.7. The lowest BCUT2D eigenvalue weighted by atomic mass is 10.0. The third-order valence-corrected chi connectivity index (χ3v) is 6.66. The first kappa shape index (κ1) is 23.3. The number of hydrogen-bond donors (Lipinski definition) is 2. The van der Waals surface area contributed by atoms with Crippen LogP contribution in [0.25, 0.3) is 0 Å². The van der Waals surface area contributed by atoms with Gasteiger partial charge in [-0.15, -0.1) is 0 Å². The van der Waals surface area contributed by atoms with Crippen LogP contribution in [-0.2, 0) is 13.6 Å². The molecule has 1 saturated heterocycles. The molecule has 0 amide bonds. The van der Waals surface area contributed by atoms with E-state index in [0.717, 1.165) is 23.2 Å². The Morgan fingerprint density at radius 2 is 1.88 bits per heavy atom. The van der Waals surface area contributed by atoms with E-state index >= 15 is 0 Å². The quantitative estimate of drug-likeness (QED) is 0.499. The predicted octanol–water partition coefficient (Wildman–Crippen LogP) is 3.82. The van der Waals surface area contributed by atoms with Gasteiger partial charge in [0.2, 0.25) is 5.95 Å². The molecule has 9 heteroatoms. The summed E-state index contributed by atoms with van der Waals surface area (Å²) in [5, 5.41) is 6.49. The molecule has 0 atom stereocenters. The van der Waals surface area contributed by atoms with Crippen molar-refractivity contribution in [3.63, 3.8) is 0 Å². The number of aromatic nitrogens is 3. The van der Waals surface area contributed by atoms with Crippen molar-refractivity contribution in [1.29, 1.82) is 0 Å². The van der Waals surface area contributed by atoms with Crippen molar-refractivity contribution in [2.45, 2.75) is 25.4 Å². The summed E-state index contributed by atoms with van der Waals surface area (Å²) >= 11 is 3.48. The summed E-state index contributed by atoms with van der Waals surface area (Å²) in [4.78, 5) is 25.9. The lowest BCUT2D eigenvalue weighted by Gasteiger charge is -2.36. The maximum atomic E-state index is 12.2. The van der Waals surface area contributed by atoms with Gasteiger partial charge in [0.1, 0.15) is 5.82 Å². The molecule has 3 aromatic rings. The van der Waals surface area contributed by atoms with E-state index < -0.39 is 0 Å². The first-order valence-electron chi connectivity index (χ1n) is 11.1. The first-order valence-corrected chi connectivity index (χ1v) is 11.9. The van der Waals surface area contributed by atoms with Crippen molar-refractivity contribution in [1.82, 2.24) is 19.4 Å². The Hall–Kier alpha value is -2.91. The van der Waals surface area contributed by atoms with E-state index in [-0.39, 0.29) is 5.56 Å². The van der Waals surface area contributed by atoms with E-state index in [4.69, 9.17) is 0 Å². The molecule has 2 aromatic heterocycles. The van der Waals surface area contributed by atoms with Crippen molar-refractivity contribution in [3.8, 4) is 0 Å². The van der Waals surface area contributed by atoms with Gasteiger partial charge in [0.05, 0.1) is 4.47 Å². The second-order valence-electron chi connectivity index (χ2n) is 8.55. The maximum Gasteiger partial charge on any atom is 0.255 e. The monoisotopic (exact) mass is 511 g/mol. The standard InChI is InChI=1S/C24H30BrN7O/c1-30(2)19-10-13-32(14-11-19)20-8-6-18(7-9-20)28-24-27-16-21(25)22(29-24)26-15-17-5-4-12-31(3)23(17)33/h4-9,12,16,19H,10-11,13-15H2,1-3H3,(H2,26,27,28,29). The minimum Gasteiger partial charge on any atom is -0.371 e. The molecule has 4 rings (SSSR count). The fourth-order valence-corrected chi connectivity index (χ4v) is 4.37. The smallest absolute Gasteiger partial charge is 0.255 e. The number of nitrogens with zero attached hydrogens (tertiary/aromatic N) is 5. The molecule has 2 N–H and O–H groups in total. The van der Waals surface area contributed by atoms with Crippen LogP contribution in [0.3, 0.4) is 0 Å². The second kappa shape index (κ2) is 10.4. The lowest BCUT2D eigenvalue weighted by molar-refractivity contribution is 0.249. The normalized spacial score (nSPS) is 14.5. The predicted molar refractivity (Wildman–Crippen MR) is 137 cm³/mol. The van der Waals surface area contributed by atoms with Crippen molar-refractivity contribution in [2.24, 2.45) is 7.05 Å². The molecule has 1 fully saturated rings. The SMILES string of the molecule is CN(C)C1CCN(c2ccc(Nc3ncc(Br)c(NCc4cccn(C)c4=O)n3)cc2)CC1. The Labute approximate surface area is 202 Å². The third-order valence-electron chi connectivity index (χ3n) is 6.08. The van der Waals surface area contributed by atoms with E-state index in [2.05, 4.69) is 84.7 Å². The number of halogens is 1. The van der Waals surface area contributed by atoms with E-state index in [1.165, 1.54) is 18.5 Å². The molecule has 174 valence electrons. The van der Waals surface area contributed by atoms with Crippen LogP contribution in [0.1, 0.15) is 18.4 Å². The number of piperidine rings is 1. The van der Waals surface area contributed by atoms with Gasteiger partial charge < -0.3 is 25.0 Å². The highest BCUT2D eigenvalue weighted by atomic mass is 79.9. The number of hydrogen-bond acceptors (Lipinski definition) is 7. The molecule has 0 aliphatic carbocycles. The first-order chi connectivity index (χ1) is 15.9. The molecule has 0 unspecified atom stereocenters. The zero-order chi connectivity index (χ0) is 23.4. The van der Waals surface area contributed by atoms with Gasteiger partial charge in [-0.05, 0) is 73.2 Å². The summed E-state index contributed by atoms with van der Waals surface area (Å²) in [6.45, 7) is 2.53. The molecule has 0 bridgehead atoms. The van der Waals surface area contributed by atoms with Crippen molar-refractivity contribution >= 4 is 39.1 Å². The maximum absolute atomic E-state index is 12.2. The third kappa shape index (κ3) is 5.72. The zero-order valence-electron chi connectivity index (χ0n) is 19.3. The average Bonchev–Trinajstić information content (AvgIpc) is 2.82. The second-order valence-corrected chi connectivity index (χ2v) is 9.40. The molecule has 1 aromatic carbocycles. The number of pyridine rings is 1. The van der Waals surface area contributed by atoms with Crippen molar-refractivity contribution in [3.05, 3.63) is 69.2 Å². The number of nitrogens with one attached hydrogen (secondary N) is 2. The van der Waals surface area contributed by atoms with Crippen molar-refractivity contribution < 1.29 is 0 Å². The number of aryl methyl sites for hydroxylation is 1. The summed E-state index contributed by atoms with van der Waals surface area (Å²) in [7, 11) is 6.06. The number of benzene rings is 1. The van der Waals surface area contributed by atoms with Crippen molar-refractivity contribution in [2.75, 3.05) is 42.7 Å². The molecule has 0 spiro atoms. The minimum atomic E-state index is -0.0282. The summed E-state index contributed by atoms with van der Waals surface area (Å²) < 4.78 is 2.30. The van der Waals surface area contributed by atoms with Gasteiger partial charge in [-0.25, -0.2) is 4.98 Å². The van der Waals surface area contributed by atoms with Gasteiger partial charge in [0.25, 0.3) is 5.56 Å². The minimum absolute atomic E-state index is 0.0282. The molecular weight excluding hydrogens is 482 g/mol. The molecule has 1 aliphatic rings. The number of rotatable bonds is 7. The van der Waals surface area contributed by atoms with E-state index in [9.17, 15) is 4.79 Å². The summed E-state index contributed by atoms with van der Waals surface area (Å²) in [5.74, 6) is 1.11. The molecule has 33 heavy (non-hydrogen) atoms. The molecule has 3 heterocycles. The van der Waals surface area contributed by atoms with Crippen LogP contribution in [0, 0.1) is 0 Å². The molecule has 0 saturated carbocycles. The van der Waals surface area contributed by atoms with Crippen LogP contribution in [0.5, 0.6) is 0 Å². The van der Waals surface area contributed by atoms with Crippen LogP contribution in [-0.4, -0.2) is 52.7 Å². The highest BCUT2D eigenvalue weighted by Crippen LogP contribution is 2.26. The highest BCUT2D eigenvalue weighted by molar-refractivity contribution is 9.10. The largest absolute Gasteiger partial charge is 0.371 e. The molecular formula is C24H30BrN7O. The topological polar surface area (TPSA) is 78.3 Å². The van der Waals surface area contributed by atoms with E-state index in [0.29, 0.717) is 29.9 Å². The van der Waals surface area contributed by atoms with E-state index in [1.807, 2.05) is 12.1 Å². The van der Waals surface area contributed by atoms with Crippen LogP contribution in [0.15, 0.2) is 58.1 Å². The highest BCUT2D eigenvalue weighted by Gasteiger charge is 2.20. The molecule has 1 aliphatic heterocycles. The van der Waals surface area contributed by atoms with E-state index in [1.54, 1.807) is 24.0 Å². The van der Waals surface area contributed by atoms with Crippen LogP contribution < -0.4 is 21.1 Å². The van der Waals surface area contributed by atoms with Gasteiger partial charge in [0, 0.05) is 62.1 Å². The fourth-order valence-electron chi connectivity index (χ4n) is 4.04.